The van der Waals surface area contributed by atoms with Gasteiger partial charge in [0, 0.05) is 26.2 Å². The second-order valence-corrected chi connectivity index (χ2v) is 2.90. The Bertz CT molecular complexity index is 215. The van der Waals surface area contributed by atoms with Crippen LogP contribution in [0.5, 0.6) is 0 Å². The molecule has 0 spiro atoms. The second kappa shape index (κ2) is 4.22. The molecule has 74 valence electrons. The number of rotatable bonds is 0. The van der Waals surface area contributed by atoms with Gasteiger partial charge in [0.2, 0.25) is 0 Å². The third-order valence-electron chi connectivity index (χ3n) is 1.93. The minimum absolute atomic E-state index is 0.284. The maximum atomic E-state index is 11.0. The Morgan fingerprint density at radius 3 is 2.00 bits per heavy atom. The molecule has 1 heterocycles. The molecule has 1 aliphatic heterocycles. The van der Waals surface area contributed by atoms with Crippen LogP contribution in [0, 0.1) is 0 Å². The van der Waals surface area contributed by atoms with E-state index in [9.17, 15) is 9.59 Å². The fourth-order valence-electron chi connectivity index (χ4n) is 1.17. The topological polar surface area (TPSA) is 72.9 Å². The summed E-state index contributed by atoms with van der Waals surface area (Å²) in [6.07, 6.45) is -0.939. The molecule has 0 bridgehead atoms. The van der Waals surface area contributed by atoms with Crippen LogP contribution in [0.3, 0.4) is 0 Å². The van der Waals surface area contributed by atoms with E-state index in [1.807, 2.05) is 0 Å². The van der Waals surface area contributed by atoms with E-state index < -0.39 is 6.09 Å². The fourth-order valence-corrected chi connectivity index (χ4v) is 1.31. The molecule has 3 amide bonds. The van der Waals surface area contributed by atoms with Gasteiger partial charge in [0.25, 0.3) is 0 Å². The third-order valence-corrected chi connectivity index (χ3v) is 2.12. The van der Waals surface area contributed by atoms with E-state index in [1.165, 1.54) is 9.80 Å². The van der Waals surface area contributed by atoms with Gasteiger partial charge in [-0.3, -0.25) is 4.72 Å². The summed E-state index contributed by atoms with van der Waals surface area (Å²) in [4.78, 5) is 24.3. The summed E-state index contributed by atoms with van der Waals surface area (Å²) in [5, 5.41) is 8.61. The van der Waals surface area contributed by atoms with Gasteiger partial charge < -0.3 is 14.9 Å². The van der Waals surface area contributed by atoms with Crippen LogP contribution in [-0.2, 0) is 0 Å². The summed E-state index contributed by atoms with van der Waals surface area (Å²) >= 11 is 3.62. The average molecular weight is 205 g/mol. The average Bonchev–Trinajstić information content (AvgIpc) is 2.17. The van der Waals surface area contributed by atoms with Gasteiger partial charge in [0.05, 0.1) is 0 Å². The van der Waals surface area contributed by atoms with Crippen molar-refractivity contribution >= 4 is 24.9 Å². The first-order valence-electron chi connectivity index (χ1n) is 3.82. The normalized spacial score (nSPS) is 17.0. The third kappa shape index (κ3) is 2.41. The van der Waals surface area contributed by atoms with Crippen LogP contribution in [0.1, 0.15) is 0 Å². The Morgan fingerprint density at radius 1 is 1.15 bits per heavy atom. The molecule has 2 N–H and O–H groups in total. The van der Waals surface area contributed by atoms with Gasteiger partial charge in [-0.25, -0.2) is 9.59 Å². The van der Waals surface area contributed by atoms with Gasteiger partial charge in [-0.15, -0.1) is 0 Å². The predicted octanol–water partition coefficient (Wildman–Crippen LogP) is -0.164. The minimum atomic E-state index is -0.939. The Hall–Kier alpha value is -1.11. The zero-order valence-electron chi connectivity index (χ0n) is 6.93. The highest BCUT2D eigenvalue weighted by Gasteiger charge is 2.22. The number of carbonyl (C=O) groups is 2. The smallest absolute Gasteiger partial charge is 0.407 e. The minimum Gasteiger partial charge on any atom is -0.465 e. The highest BCUT2D eigenvalue weighted by Crippen LogP contribution is 2.01. The molecule has 0 aromatic rings. The fraction of sp³-hybridized carbons (Fsp3) is 0.667. The van der Waals surface area contributed by atoms with Crippen LogP contribution in [0.2, 0.25) is 0 Å². The summed E-state index contributed by atoms with van der Waals surface area (Å²) in [6, 6.07) is -0.284. The molecular formula is C6H11N3O3S. The molecule has 0 atom stereocenters. The van der Waals surface area contributed by atoms with Gasteiger partial charge in [-0.05, 0) is 0 Å². The molecule has 0 radical (unpaired) electrons. The monoisotopic (exact) mass is 205 g/mol. The molecule has 0 aromatic heterocycles. The summed E-state index contributed by atoms with van der Waals surface area (Å²) in [5.41, 5.74) is 0. The van der Waals surface area contributed by atoms with E-state index in [4.69, 9.17) is 5.11 Å². The van der Waals surface area contributed by atoms with Crippen LogP contribution in [-0.4, -0.2) is 53.2 Å². The maximum Gasteiger partial charge on any atom is 0.407 e. The highest BCUT2D eigenvalue weighted by molar-refractivity contribution is 7.78. The Kier molecular flexibility index (Phi) is 3.24. The highest BCUT2D eigenvalue weighted by atomic mass is 32.1. The number of carboxylic acid groups (broad SMARTS) is 1. The zero-order chi connectivity index (χ0) is 9.84. The first-order chi connectivity index (χ1) is 6.15. The molecule has 13 heavy (non-hydrogen) atoms. The standard InChI is InChI=1S/C6H11N3O3S/c10-5(7-13)8-1-3-9(4-2-8)6(11)12/h13H,1-4H2,(H,7,10)(H,11,12). The summed E-state index contributed by atoms with van der Waals surface area (Å²) in [5.74, 6) is 0. The number of amides is 3. The Morgan fingerprint density at radius 2 is 1.62 bits per heavy atom. The molecule has 0 aliphatic carbocycles. The molecule has 1 aliphatic rings. The van der Waals surface area contributed by atoms with Crippen molar-refractivity contribution in [1.29, 1.82) is 0 Å². The number of nitrogens with zero attached hydrogens (tertiary/aromatic N) is 2. The molecular weight excluding hydrogens is 194 g/mol. The first-order valence-corrected chi connectivity index (χ1v) is 4.26. The number of urea groups is 1. The molecule has 1 rings (SSSR count). The molecule has 0 aromatic carbocycles. The number of thiol groups is 1. The van der Waals surface area contributed by atoms with Crippen LogP contribution >= 0.6 is 12.8 Å². The van der Waals surface area contributed by atoms with Crippen molar-refractivity contribution in [2.24, 2.45) is 0 Å². The van der Waals surface area contributed by atoms with Gasteiger partial charge in [0.15, 0.2) is 0 Å². The van der Waals surface area contributed by atoms with Gasteiger partial charge in [-0.1, -0.05) is 12.8 Å². The lowest BCUT2D eigenvalue weighted by Gasteiger charge is -2.32. The van der Waals surface area contributed by atoms with Crippen LogP contribution in [0.4, 0.5) is 9.59 Å². The lowest BCUT2D eigenvalue weighted by molar-refractivity contribution is 0.113. The van der Waals surface area contributed by atoms with Crippen molar-refractivity contribution in [2.75, 3.05) is 26.2 Å². The number of nitrogens with one attached hydrogen (secondary N) is 1. The Balaban J connectivity index is 2.39. The van der Waals surface area contributed by atoms with E-state index in [2.05, 4.69) is 17.5 Å². The van der Waals surface area contributed by atoms with Crippen LogP contribution in [0.15, 0.2) is 0 Å². The van der Waals surface area contributed by atoms with Crippen molar-refractivity contribution in [3.05, 3.63) is 0 Å². The molecule has 7 heteroatoms. The molecule has 0 unspecified atom stereocenters. The van der Waals surface area contributed by atoms with Crippen molar-refractivity contribution < 1.29 is 14.7 Å². The van der Waals surface area contributed by atoms with E-state index in [-0.39, 0.29) is 6.03 Å². The number of hydrogen-bond acceptors (Lipinski definition) is 3. The predicted molar refractivity (Wildman–Crippen MR) is 48.7 cm³/mol. The van der Waals surface area contributed by atoms with Gasteiger partial charge in [0.1, 0.15) is 0 Å². The number of piperazine rings is 1. The van der Waals surface area contributed by atoms with E-state index in [0.717, 1.165) is 0 Å². The number of carbonyl (C=O) groups excluding carboxylic acids is 1. The van der Waals surface area contributed by atoms with E-state index in [0.29, 0.717) is 26.2 Å². The van der Waals surface area contributed by atoms with Gasteiger partial charge in [-0.2, -0.15) is 0 Å². The van der Waals surface area contributed by atoms with Crippen molar-refractivity contribution in [1.82, 2.24) is 14.5 Å². The SMILES string of the molecule is O=C(O)N1CCN(C(=O)NS)CC1. The summed E-state index contributed by atoms with van der Waals surface area (Å²) < 4.78 is 2.19. The van der Waals surface area contributed by atoms with Crippen molar-refractivity contribution in [2.45, 2.75) is 0 Å². The molecule has 1 fully saturated rings. The van der Waals surface area contributed by atoms with Gasteiger partial charge >= 0.3 is 12.1 Å². The second-order valence-electron chi connectivity index (χ2n) is 2.67. The maximum absolute atomic E-state index is 11.0. The summed E-state index contributed by atoms with van der Waals surface area (Å²) in [7, 11) is 0. The Labute approximate surface area is 81.0 Å². The largest absolute Gasteiger partial charge is 0.465 e. The first kappa shape index (κ1) is 9.97. The number of hydrogen-bond donors (Lipinski definition) is 3. The lowest BCUT2D eigenvalue weighted by Crippen LogP contribution is -2.51. The quantitative estimate of drug-likeness (QED) is 0.481. The van der Waals surface area contributed by atoms with E-state index >= 15 is 0 Å². The van der Waals surface area contributed by atoms with Crippen molar-refractivity contribution in [3.8, 4) is 0 Å². The van der Waals surface area contributed by atoms with Crippen LogP contribution < -0.4 is 4.72 Å². The van der Waals surface area contributed by atoms with Crippen LogP contribution in [0.25, 0.3) is 0 Å². The molecule has 1 saturated heterocycles. The molecule has 6 nitrogen and oxygen atoms in total. The molecule has 0 saturated carbocycles. The van der Waals surface area contributed by atoms with Crippen molar-refractivity contribution in [3.63, 3.8) is 0 Å². The lowest BCUT2D eigenvalue weighted by atomic mass is 10.3. The summed E-state index contributed by atoms with van der Waals surface area (Å²) in [6.45, 7) is 1.55. The zero-order valence-corrected chi connectivity index (χ0v) is 7.83. The van der Waals surface area contributed by atoms with E-state index in [1.54, 1.807) is 0 Å².